The molecule has 25 heavy (non-hydrogen) atoms. The Kier molecular flexibility index (Phi) is 6.23. The van der Waals surface area contributed by atoms with Crippen molar-refractivity contribution < 1.29 is 23.2 Å². The van der Waals surface area contributed by atoms with Crippen molar-refractivity contribution in [2.24, 2.45) is 5.92 Å². The van der Waals surface area contributed by atoms with Gasteiger partial charge in [0.05, 0.1) is 30.3 Å². The molecule has 1 amide bonds. The van der Waals surface area contributed by atoms with Gasteiger partial charge >= 0.3 is 6.09 Å². The molecule has 1 saturated carbocycles. The van der Waals surface area contributed by atoms with Gasteiger partial charge in [0.15, 0.2) is 0 Å². The summed E-state index contributed by atoms with van der Waals surface area (Å²) in [5, 5.41) is 10.4. The van der Waals surface area contributed by atoms with Crippen molar-refractivity contribution in [3.63, 3.8) is 0 Å². The van der Waals surface area contributed by atoms with Gasteiger partial charge in [-0.15, -0.1) is 0 Å². The Bertz CT molecular complexity index is 709. The van der Waals surface area contributed by atoms with Crippen LogP contribution in [0.25, 0.3) is 0 Å². The Morgan fingerprint density at radius 1 is 1.44 bits per heavy atom. The lowest BCUT2D eigenvalue weighted by Crippen LogP contribution is -2.44. The number of hydrogen-bond donors (Lipinski definition) is 2. The quantitative estimate of drug-likeness (QED) is 0.732. The van der Waals surface area contributed by atoms with Gasteiger partial charge in [-0.2, -0.15) is 5.06 Å². The van der Waals surface area contributed by atoms with Crippen molar-refractivity contribution >= 4 is 21.6 Å². The standard InChI is InChI=1S/C16H25N3O5S/c1-11-7-12(14-3-4-18-10-15(14)17)9-13(8-11)19(16(20)21)24-5-6-25(2,22)23/h3-4,10-13H,5-9,17H2,1-2H3,(H,20,21)/t11?,12-,13?/m1/s1. The Balaban J connectivity index is 2.11. The molecule has 1 aliphatic rings. The minimum absolute atomic E-state index is 0.108. The minimum Gasteiger partial charge on any atom is -0.463 e. The number of nitrogens with two attached hydrogens (primary N) is 1. The van der Waals surface area contributed by atoms with E-state index < -0.39 is 15.9 Å². The summed E-state index contributed by atoms with van der Waals surface area (Å²) in [6.07, 6.45) is 5.29. The summed E-state index contributed by atoms with van der Waals surface area (Å²) < 4.78 is 22.4. The summed E-state index contributed by atoms with van der Waals surface area (Å²) in [5.74, 6) is 0.175. The number of pyridine rings is 1. The number of nitrogens with zero attached hydrogens (tertiary/aromatic N) is 2. The molecule has 3 atom stereocenters. The summed E-state index contributed by atoms with van der Waals surface area (Å²) in [5.41, 5.74) is 7.58. The molecule has 1 fully saturated rings. The van der Waals surface area contributed by atoms with Crippen LogP contribution in [0.4, 0.5) is 10.5 Å². The number of sulfone groups is 1. The van der Waals surface area contributed by atoms with Gasteiger partial charge in [-0.1, -0.05) is 6.92 Å². The molecule has 2 rings (SSSR count). The van der Waals surface area contributed by atoms with Crippen molar-refractivity contribution in [1.29, 1.82) is 0 Å². The number of anilines is 1. The molecule has 2 unspecified atom stereocenters. The molecule has 0 aliphatic heterocycles. The van der Waals surface area contributed by atoms with Gasteiger partial charge in [-0.3, -0.25) is 9.82 Å². The molecule has 140 valence electrons. The molecule has 1 heterocycles. The second-order valence-electron chi connectivity index (χ2n) is 6.74. The number of carboxylic acid groups (broad SMARTS) is 1. The molecule has 9 heteroatoms. The van der Waals surface area contributed by atoms with Crippen molar-refractivity contribution in [3.8, 4) is 0 Å². The van der Waals surface area contributed by atoms with Gasteiger partial charge in [-0.05, 0) is 42.7 Å². The third kappa shape index (κ3) is 5.57. The molecule has 0 radical (unpaired) electrons. The van der Waals surface area contributed by atoms with Gasteiger partial charge in [0.2, 0.25) is 0 Å². The SMILES string of the molecule is CC1CC(N(OCCS(C)(=O)=O)C(=O)O)C[C@H](c2ccncc2N)C1. The van der Waals surface area contributed by atoms with Gasteiger partial charge in [0.25, 0.3) is 0 Å². The minimum atomic E-state index is -3.21. The smallest absolute Gasteiger partial charge is 0.431 e. The predicted octanol–water partition coefficient (Wildman–Crippen LogP) is 1.89. The van der Waals surface area contributed by atoms with Crippen LogP contribution in [-0.2, 0) is 14.7 Å². The maximum Gasteiger partial charge on any atom is 0.431 e. The van der Waals surface area contributed by atoms with Gasteiger partial charge in [0.1, 0.15) is 9.84 Å². The number of aromatic nitrogens is 1. The molecular formula is C16H25N3O5S. The first-order chi connectivity index (χ1) is 11.7. The average molecular weight is 371 g/mol. The van der Waals surface area contributed by atoms with E-state index in [0.717, 1.165) is 23.3 Å². The highest BCUT2D eigenvalue weighted by atomic mass is 32.2. The van der Waals surface area contributed by atoms with E-state index in [2.05, 4.69) is 11.9 Å². The molecule has 1 aliphatic carbocycles. The summed E-state index contributed by atoms with van der Waals surface area (Å²) in [6.45, 7) is 1.88. The van der Waals surface area contributed by atoms with Crippen LogP contribution in [-0.4, -0.2) is 54.3 Å². The molecule has 1 aromatic heterocycles. The number of nitrogen functional groups attached to an aromatic ring is 1. The Morgan fingerprint density at radius 3 is 2.76 bits per heavy atom. The fourth-order valence-electron chi connectivity index (χ4n) is 3.41. The lowest BCUT2D eigenvalue weighted by Gasteiger charge is -2.38. The van der Waals surface area contributed by atoms with E-state index in [4.69, 9.17) is 10.6 Å². The first-order valence-corrected chi connectivity index (χ1v) is 10.3. The maximum atomic E-state index is 11.6. The molecular weight excluding hydrogens is 346 g/mol. The molecule has 3 N–H and O–H groups in total. The highest BCUT2D eigenvalue weighted by molar-refractivity contribution is 7.90. The second kappa shape index (κ2) is 8.01. The summed E-state index contributed by atoms with van der Waals surface area (Å²) in [7, 11) is -3.21. The van der Waals surface area contributed by atoms with Crippen LogP contribution in [0.3, 0.4) is 0 Å². The molecule has 1 aromatic rings. The van der Waals surface area contributed by atoms with Crippen LogP contribution in [0, 0.1) is 5.92 Å². The van der Waals surface area contributed by atoms with Crippen molar-refractivity contribution in [3.05, 3.63) is 24.0 Å². The molecule has 0 bridgehead atoms. The Hall–Kier alpha value is -1.87. The predicted molar refractivity (Wildman–Crippen MR) is 93.7 cm³/mol. The second-order valence-corrected chi connectivity index (χ2v) is 9.00. The zero-order chi connectivity index (χ0) is 18.6. The number of carbonyl (C=O) groups is 1. The number of hydroxylamine groups is 2. The van der Waals surface area contributed by atoms with Crippen molar-refractivity contribution in [2.75, 3.05) is 24.3 Å². The first kappa shape index (κ1) is 19.5. The number of rotatable bonds is 6. The zero-order valence-electron chi connectivity index (χ0n) is 14.5. The third-order valence-corrected chi connectivity index (χ3v) is 5.36. The van der Waals surface area contributed by atoms with Crippen LogP contribution >= 0.6 is 0 Å². The summed E-state index contributed by atoms with van der Waals surface area (Å²) in [6, 6.07) is 1.52. The first-order valence-electron chi connectivity index (χ1n) is 8.19. The van der Waals surface area contributed by atoms with E-state index in [1.807, 2.05) is 6.07 Å². The summed E-state index contributed by atoms with van der Waals surface area (Å²) in [4.78, 5) is 20.9. The molecule has 0 spiro atoms. The lowest BCUT2D eigenvalue weighted by molar-refractivity contribution is -0.161. The van der Waals surface area contributed by atoms with E-state index in [9.17, 15) is 18.3 Å². The van der Waals surface area contributed by atoms with E-state index >= 15 is 0 Å². The Labute approximate surface area is 147 Å². The van der Waals surface area contributed by atoms with Crippen LogP contribution < -0.4 is 5.73 Å². The lowest BCUT2D eigenvalue weighted by atomic mass is 9.76. The van der Waals surface area contributed by atoms with Crippen LogP contribution in [0.15, 0.2) is 18.5 Å². The van der Waals surface area contributed by atoms with E-state index in [1.165, 1.54) is 0 Å². The van der Waals surface area contributed by atoms with Gasteiger partial charge < -0.3 is 10.8 Å². The van der Waals surface area contributed by atoms with Crippen molar-refractivity contribution in [2.45, 2.75) is 38.1 Å². The molecule has 0 saturated heterocycles. The van der Waals surface area contributed by atoms with E-state index in [1.54, 1.807) is 12.4 Å². The van der Waals surface area contributed by atoms with Gasteiger partial charge in [0, 0.05) is 12.5 Å². The van der Waals surface area contributed by atoms with Crippen LogP contribution in [0.2, 0.25) is 0 Å². The Morgan fingerprint density at radius 2 is 2.16 bits per heavy atom. The van der Waals surface area contributed by atoms with Crippen LogP contribution in [0.1, 0.15) is 37.7 Å². The normalized spacial score (nSPS) is 24.0. The highest BCUT2D eigenvalue weighted by Gasteiger charge is 2.35. The number of hydrogen-bond acceptors (Lipinski definition) is 6. The van der Waals surface area contributed by atoms with E-state index in [0.29, 0.717) is 18.5 Å². The van der Waals surface area contributed by atoms with Gasteiger partial charge in [-0.25, -0.2) is 13.2 Å². The topological polar surface area (TPSA) is 123 Å². The van der Waals surface area contributed by atoms with E-state index in [-0.39, 0.29) is 30.2 Å². The fourth-order valence-corrected chi connectivity index (χ4v) is 3.78. The molecule has 0 aromatic carbocycles. The monoisotopic (exact) mass is 371 g/mol. The van der Waals surface area contributed by atoms with Crippen molar-refractivity contribution in [1.82, 2.24) is 10.0 Å². The largest absolute Gasteiger partial charge is 0.463 e. The van der Waals surface area contributed by atoms with Crippen LogP contribution in [0.5, 0.6) is 0 Å². The molecule has 8 nitrogen and oxygen atoms in total. The third-order valence-electron chi connectivity index (χ3n) is 4.45. The number of amides is 1. The highest BCUT2D eigenvalue weighted by Crippen LogP contribution is 2.39. The average Bonchev–Trinajstić information content (AvgIpc) is 2.50. The summed E-state index contributed by atoms with van der Waals surface area (Å²) >= 11 is 0. The maximum absolute atomic E-state index is 11.6. The zero-order valence-corrected chi connectivity index (χ0v) is 15.3. The fraction of sp³-hybridized carbons (Fsp3) is 0.625.